The van der Waals surface area contributed by atoms with Gasteiger partial charge in [-0.3, -0.25) is 4.79 Å². The van der Waals surface area contributed by atoms with Crippen LogP contribution in [0.5, 0.6) is 0 Å². The second kappa shape index (κ2) is 18.7. The number of halogens is 3. The maximum Gasteiger partial charge on any atom is 0.338 e. The Morgan fingerprint density at radius 2 is 1.53 bits per heavy atom. The van der Waals surface area contributed by atoms with Gasteiger partial charge in [-0.2, -0.15) is 0 Å². The summed E-state index contributed by atoms with van der Waals surface area (Å²) in [6.45, 7) is 3.58. The van der Waals surface area contributed by atoms with Crippen LogP contribution in [0.2, 0.25) is 10.0 Å². The summed E-state index contributed by atoms with van der Waals surface area (Å²) in [5.41, 5.74) is 10.7. The number of carbonyl (C=O) groups is 2. The number of benzene rings is 3. The van der Waals surface area contributed by atoms with Gasteiger partial charge in [-0.05, 0) is 89.5 Å². The Morgan fingerprint density at radius 1 is 0.872 bits per heavy atom. The van der Waals surface area contributed by atoms with E-state index < -0.39 is 0 Å². The smallest absolute Gasteiger partial charge is 0.338 e. The molecule has 0 saturated heterocycles. The fraction of sp³-hybridized carbons (Fsp3) is 0.459. The summed E-state index contributed by atoms with van der Waals surface area (Å²) in [6, 6.07) is 16.4. The fourth-order valence-electron chi connectivity index (χ4n) is 6.03. The molecular formula is C37H46BrCl2N3O4. The molecule has 1 aliphatic rings. The molecule has 0 amide bonds. The predicted octanol–water partition coefficient (Wildman–Crippen LogP) is 10.2. The first kappa shape index (κ1) is 37.0. The largest absolute Gasteiger partial charge is 0.465 e. The Balaban J connectivity index is 1.11. The molecule has 1 aliphatic carbocycles. The van der Waals surface area contributed by atoms with Gasteiger partial charge in [0.25, 0.3) is 0 Å². The van der Waals surface area contributed by atoms with Crippen LogP contribution in [0.4, 0.5) is 17.1 Å². The number of unbranched alkanes of at least 4 members (excludes halogenated alkanes) is 4. The maximum atomic E-state index is 12.8. The van der Waals surface area contributed by atoms with Gasteiger partial charge >= 0.3 is 11.9 Å². The molecule has 0 radical (unpaired) electrons. The van der Waals surface area contributed by atoms with E-state index >= 15 is 0 Å². The first-order valence-corrected chi connectivity index (χ1v) is 18.2. The number of carbonyl (C=O) groups excluding carboxylic acids is 2. The Hall–Kier alpha value is -2.78. The van der Waals surface area contributed by atoms with Crippen LogP contribution < -0.4 is 16.4 Å². The minimum atomic E-state index is -0.339. The lowest BCUT2D eigenvalue weighted by atomic mass is 9.79. The van der Waals surface area contributed by atoms with Crippen LogP contribution in [0.15, 0.2) is 59.1 Å². The summed E-state index contributed by atoms with van der Waals surface area (Å²) in [4.78, 5) is 25.4. The molecule has 0 unspecified atom stereocenters. The topological polar surface area (TPSA) is 103 Å². The third-order valence-electron chi connectivity index (χ3n) is 8.95. The SMILES string of the molecule is CCC1(NCc2cc(C(=O)OCCCCCCCOC(=O)Cc3ccccc3Nc3c(Cl)cccc3Cl)cc(Br)c2N)CCCCC1. The molecule has 4 rings (SSSR count). The van der Waals surface area contributed by atoms with Gasteiger partial charge in [-0.25, -0.2) is 4.79 Å². The van der Waals surface area contributed by atoms with E-state index in [0.717, 1.165) is 55.3 Å². The molecule has 0 aromatic heterocycles. The molecule has 0 spiro atoms. The number of para-hydroxylation sites is 2. The lowest BCUT2D eigenvalue weighted by Crippen LogP contribution is -2.45. The highest BCUT2D eigenvalue weighted by molar-refractivity contribution is 9.10. The van der Waals surface area contributed by atoms with E-state index in [1.807, 2.05) is 30.3 Å². The lowest BCUT2D eigenvalue weighted by molar-refractivity contribution is -0.142. The van der Waals surface area contributed by atoms with Crippen molar-refractivity contribution in [2.45, 2.75) is 96.1 Å². The van der Waals surface area contributed by atoms with Gasteiger partial charge in [0.15, 0.2) is 0 Å². The van der Waals surface area contributed by atoms with Crippen LogP contribution in [-0.4, -0.2) is 30.7 Å². The molecule has 254 valence electrons. The highest BCUT2D eigenvalue weighted by atomic mass is 79.9. The fourth-order valence-corrected chi connectivity index (χ4v) is 7.02. The number of hydrogen-bond acceptors (Lipinski definition) is 7. The second-order valence-corrected chi connectivity index (χ2v) is 13.9. The quantitative estimate of drug-likeness (QED) is 0.0718. The number of esters is 2. The third-order valence-corrected chi connectivity index (χ3v) is 10.2. The van der Waals surface area contributed by atoms with Crippen molar-refractivity contribution in [1.29, 1.82) is 0 Å². The van der Waals surface area contributed by atoms with Crippen molar-refractivity contribution in [3.8, 4) is 0 Å². The van der Waals surface area contributed by atoms with Crippen molar-refractivity contribution in [2.75, 3.05) is 24.3 Å². The molecular weight excluding hydrogens is 701 g/mol. The Bertz CT molecular complexity index is 1480. The molecule has 7 nitrogen and oxygen atoms in total. The highest BCUT2D eigenvalue weighted by Gasteiger charge is 2.29. The van der Waals surface area contributed by atoms with E-state index in [0.29, 0.717) is 51.2 Å². The van der Waals surface area contributed by atoms with Crippen LogP contribution in [0.1, 0.15) is 99.0 Å². The van der Waals surface area contributed by atoms with Crippen molar-refractivity contribution < 1.29 is 19.1 Å². The van der Waals surface area contributed by atoms with Crippen molar-refractivity contribution in [3.05, 3.63) is 85.8 Å². The van der Waals surface area contributed by atoms with Gasteiger partial charge < -0.3 is 25.8 Å². The Labute approximate surface area is 297 Å². The number of hydrogen-bond donors (Lipinski definition) is 3. The average molecular weight is 748 g/mol. The molecule has 0 aliphatic heterocycles. The second-order valence-electron chi connectivity index (χ2n) is 12.3. The summed E-state index contributed by atoms with van der Waals surface area (Å²) in [6.07, 6.45) is 11.7. The van der Waals surface area contributed by atoms with Crippen LogP contribution in [-0.2, 0) is 27.2 Å². The maximum absolute atomic E-state index is 12.8. The van der Waals surface area contributed by atoms with E-state index in [-0.39, 0.29) is 23.9 Å². The summed E-state index contributed by atoms with van der Waals surface area (Å²) < 4.78 is 11.8. The Kier molecular flexibility index (Phi) is 14.7. The lowest BCUT2D eigenvalue weighted by Gasteiger charge is -2.38. The van der Waals surface area contributed by atoms with E-state index in [4.69, 9.17) is 38.4 Å². The summed E-state index contributed by atoms with van der Waals surface area (Å²) in [5, 5.41) is 8.00. The van der Waals surface area contributed by atoms with Crippen LogP contribution in [0.25, 0.3) is 0 Å². The number of nitrogens with two attached hydrogens (primary N) is 1. The molecule has 0 bridgehead atoms. The summed E-state index contributed by atoms with van der Waals surface area (Å²) in [7, 11) is 0. The zero-order valence-electron chi connectivity index (χ0n) is 27.1. The number of rotatable bonds is 17. The van der Waals surface area contributed by atoms with Crippen molar-refractivity contribution in [3.63, 3.8) is 0 Å². The van der Waals surface area contributed by atoms with Crippen LogP contribution in [0, 0.1) is 0 Å². The molecule has 4 N–H and O–H groups in total. The standard InChI is InChI=1S/C37H46BrCl2N3O4/c1-2-37(18-9-6-10-19-37)42-25-28-22-27(23-29(38)34(28)41)36(45)47-21-12-5-3-4-11-20-46-33(44)24-26-14-7-8-17-32(26)43-35-30(39)15-13-16-31(35)40/h7-8,13-17,22-23,42-43H,2-6,9-12,18-21,24-25,41H2,1H3. The van der Waals surface area contributed by atoms with Crippen molar-refractivity contribution >= 4 is 68.1 Å². The molecule has 3 aromatic carbocycles. The van der Waals surface area contributed by atoms with Gasteiger partial charge in [-0.15, -0.1) is 0 Å². The number of ether oxygens (including phenoxy) is 2. The van der Waals surface area contributed by atoms with Gasteiger partial charge in [0.1, 0.15) is 0 Å². The number of nitrogen functional groups attached to an aromatic ring is 1. The first-order valence-electron chi connectivity index (χ1n) is 16.7. The zero-order chi connectivity index (χ0) is 33.6. The molecule has 0 atom stereocenters. The minimum absolute atomic E-state index is 0.138. The van der Waals surface area contributed by atoms with Gasteiger partial charge in [0, 0.05) is 22.2 Å². The number of nitrogens with one attached hydrogen (secondary N) is 2. The van der Waals surface area contributed by atoms with E-state index in [1.54, 1.807) is 24.3 Å². The third kappa shape index (κ3) is 11.1. The normalized spacial score (nSPS) is 14.0. The highest BCUT2D eigenvalue weighted by Crippen LogP contribution is 2.34. The number of anilines is 3. The molecule has 1 fully saturated rings. The molecule has 1 saturated carbocycles. The zero-order valence-corrected chi connectivity index (χ0v) is 30.2. The van der Waals surface area contributed by atoms with Crippen LogP contribution in [0.3, 0.4) is 0 Å². The predicted molar refractivity (Wildman–Crippen MR) is 196 cm³/mol. The van der Waals surface area contributed by atoms with E-state index in [2.05, 4.69) is 33.5 Å². The Morgan fingerprint density at radius 3 is 2.23 bits per heavy atom. The monoisotopic (exact) mass is 745 g/mol. The van der Waals surface area contributed by atoms with E-state index in [1.165, 1.54) is 32.1 Å². The van der Waals surface area contributed by atoms with Crippen molar-refractivity contribution in [1.82, 2.24) is 5.32 Å². The molecule has 10 heteroatoms. The molecule has 3 aromatic rings. The summed E-state index contributed by atoms with van der Waals surface area (Å²) in [5.74, 6) is -0.628. The summed E-state index contributed by atoms with van der Waals surface area (Å²) >= 11 is 16.1. The van der Waals surface area contributed by atoms with Gasteiger partial charge in [-0.1, -0.05) is 92.9 Å². The van der Waals surface area contributed by atoms with Crippen molar-refractivity contribution in [2.24, 2.45) is 0 Å². The van der Waals surface area contributed by atoms with Gasteiger partial charge in [0.05, 0.1) is 46.6 Å². The first-order chi connectivity index (χ1) is 22.7. The minimum Gasteiger partial charge on any atom is -0.465 e. The van der Waals surface area contributed by atoms with Gasteiger partial charge in [0.2, 0.25) is 0 Å². The van der Waals surface area contributed by atoms with Crippen LogP contribution >= 0.6 is 39.1 Å². The molecule has 47 heavy (non-hydrogen) atoms. The average Bonchev–Trinajstić information content (AvgIpc) is 3.07. The van der Waals surface area contributed by atoms with E-state index in [9.17, 15) is 9.59 Å². The molecule has 0 heterocycles.